The van der Waals surface area contributed by atoms with Crippen LogP contribution in [0.2, 0.25) is 5.02 Å². The number of aliphatic hydroxyl groups is 1. The fourth-order valence-electron chi connectivity index (χ4n) is 3.12. The Balaban J connectivity index is 2.04. The summed E-state index contributed by atoms with van der Waals surface area (Å²) < 4.78 is 0. The van der Waals surface area contributed by atoms with E-state index in [9.17, 15) is 5.11 Å². The van der Waals surface area contributed by atoms with Crippen molar-refractivity contribution in [2.24, 2.45) is 5.92 Å². The molecule has 0 saturated carbocycles. The summed E-state index contributed by atoms with van der Waals surface area (Å²) in [5, 5.41) is 13.9. The Labute approximate surface area is 133 Å². The van der Waals surface area contributed by atoms with E-state index in [4.69, 9.17) is 11.6 Å². The number of anilines is 1. The fourth-order valence-corrected chi connectivity index (χ4v) is 3.46. The lowest BCUT2D eigenvalue weighted by atomic mass is 9.92. The van der Waals surface area contributed by atoms with Gasteiger partial charge in [-0.25, -0.2) is 0 Å². The number of benzene rings is 1. The first-order valence-corrected chi connectivity index (χ1v) is 8.36. The Hall–Kier alpha value is -0.770. The molecule has 1 aromatic rings. The van der Waals surface area contributed by atoms with Crippen LogP contribution in [0.25, 0.3) is 0 Å². The predicted octanol–water partition coefficient (Wildman–Crippen LogP) is 3.61. The average Bonchev–Trinajstić information content (AvgIpc) is 2.47. The smallest absolute Gasteiger partial charge is 0.0541 e. The number of rotatable bonds is 5. The normalized spacial score (nSPS) is 19.6. The number of hydrogen-bond donors (Lipinski definition) is 2. The summed E-state index contributed by atoms with van der Waals surface area (Å²) in [5.41, 5.74) is 2.35. The van der Waals surface area contributed by atoms with Gasteiger partial charge in [-0.3, -0.25) is 0 Å². The first kappa shape index (κ1) is 16.6. The van der Waals surface area contributed by atoms with Crippen molar-refractivity contribution >= 4 is 17.3 Å². The first-order chi connectivity index (χ1) is 10.0. The van der Waals surface area contributed by atoms with Crippen molar-refractivity contribution in [1.82, 2.24) is 5.32 Å². The van der Waals surface area contributed by atoms with E-state index in [2.05, 4.69) is 42.3 Å². The van der Waals surface area contributed by atoms with Crippen LogP contribution in [0.15, 0.2) is 18.2 Å². The first-order valence-electron chi connectivity index (χ1n) is 7.98. The molecule has 118 valence electrons. The highest BCUT2D eigenvalue weighted by Gasteiger charge is 2.23. The number of nitrogens with zero attached hydrogens (tertiary/aromatic N) is 1. The minimum atomic E-state index is -0.195. The summed E-state index contributed by atoms with van der Waals surface area (Å²) in [6, 6.07) is 6.65. The van der Waals surface area contributed by atoms with Crippen LogP contribution in [0.3, 0.4) is 0 Å². The average molecular weight is 311 g/mol. The third kappa shape index (κ3) is 4.12. The molecule has 1 heterocycles. The van der Waals surface area contributed by atoms with E-state index in [-0.39, 0.29) is 12.1 Å². The van der Waals surface area contributed by atoms with Crippen LogP contribution >= 0.6 is 11.6 Å². The molecule has 2 unspecified atom stereocenters. The molecule has 1 aliphatic heterocycles. The SMILES string of the molecule is CCNC(C)c1ccc(N2CCC(C(C)O)CC2)cc1Cl. The van der Waals surface area contributed by atoms with Gasteiger partial charge in [0.1, 0.15) is 0 Å². The molecule has 2 atom stereocenters. The monoisotopic (exact) mass is 310 g/mol. The summed E-state index contributed by atoms with van der Waals surface area (Å²) in [4.78, 5) is 2.37. The van der Waals surface area contributed by atoms with Crippen LogP contribution in [-0.2, 0) is 0 Å². The second kappa shape index (κ2) is 7.48. The van der Waals surface area contributed by atoms with E-state index in [1.54, 1.807) is 0 Å². The largest absolute Gasteiger partial charge is 0.393 e. The van der Waals surface area contributed by atoms with Crippen molar-refractivity contribution in [3.05, 3.63) is 28.8 Å². The third-order valence-electron chi connectivity index (χ3n) is 4.55. The maximum absolute atomic E-state index is 9.68. The number of aliphatic hydroxyl groups excluding tert-OH is 1. The number of nitrogens with one attached hydrogen (secondary N) is 1. The van der Waals surface area contributed by atoms with Gasteiger partial charge in [-0.15, -0.1) is 0 Å². The second-order valence-electron chi connectivity index (χ2n) is 6.05. The second-order valence-corrected chi connectivity index (χ2v) is 6.46. The number of halogens is 1. The van der Waals surface area contributed by atoms with Gasteiger partial charge in [0.05, 0.1) is 6.10 Å². The molecule has 2 N–H and O–H groups in total. The van der Waals surface area contributed by atoms with Gasteiger partial charge in [0.2, 0.25) is 0 Å². The zero-order chi connectivity index (χ0) is 15.4. The van der Waals surface area contributed by atoms with E-state index >= 15 is 0 Å². The molecule has 0 amide bonds. The zero-order valence-electron chi connectivity index (χ0n) is 13.3. The van der Waals surface area contributed by atoms with Crippen molar-refractivity contribution in [2.45, 2.75) is 45.8 Å². The van der Waals surface area contributed by atoms with Crippen LogP contribution < -0.4 is 10.2 Å². The van der Waals surface area contributed by atoms with Crippen LogP contribution in [0.5, 0.6) is 0 Å². The minimum absolute atomic E-state index is 0.195. The Kier molecular flexibility index (Phi) is 5.91. The zero-order valence-corrected chi connectivity index (χ0v) is 14.0. The Bertz CT molecular complexity index is 456. The summed E-state index contributed by atoms with van der Waals surface area (Å²) in [6.45, 7) is 9.06. The number of piperidine rings is 1. The topological polar surface area (TPSA) is 35.5 Å². The van der Waals surface area contributed by atoms with Crippen LogP contribution in [0.1, 0.15) is 45.2 Å². The highest BCUT2D eigenvalue weighted by molar-refractivity contribution is 6.31. The standard InChI is InChI=1S/C17H27ClN2O/c1-4-19-12(2)16-6-5-15(11-17(16)18)20-9-7-14(8-10-20)13(3)21/h5-6,11-14,19,21H,4,7-10H2,1-3H3. The van der Waals surface area contributed by atoms with E-state index in [1.807, 2.05) is 6.92 Å². The van der Waals surface area contributed by atoms with Gasteiger partial charge in [0.15, 0.2) is 0 Å². The lowest BCUT2D eigenvalue weighted by molar-refractivity contribution is 0.110. The molecule has 4 heteroatoms. The highest BCUT2D eigenvalue weighted by Crippen LogP contribution is 2.30. The van der Waals surface area contributed by atoms with Gasteiger partial charge in [-0.1, -0.05) is 24.6 Å². The van der Waals surface area contributed by atoms with Crippen LogP contribution in [0, 0.1) is 5.92 Å². The van der Waals surface area contributed by atoms with Crippen molar-refractivity contribution < 1.29 is 5.11 Å². The van der Waals surface area contributed by atoms with Crippen LogP contribution in [0.4, 0.5) is 5.69 Å². The van der Waals surface area contributed by atoms with Gasteiger partial charge in [-0.05, 0) is 56.8 Å². The summed E-state index contributed by atoms with van der Waals surface area (Å²) in [7, 11) is 0. The minimum Gasteiger partial charge on any atom is -0.393 e. The van der Waals surface area contributed by atoms with Gasteiger partial charge >= 0.3 is 0 Å². The maximum atomic E-state index is 9.68. The molecule has 0 aliphatic carbocycles. The molecular weight excluding hydrogens is 284 g/mol. The third-order valence-corrected chi connectivity index (χ3v) is 4.88. The predicted molar refractivity (Wildman–Crippen MR) is 90.2 cm³/mol. The van der Waals surface area contributed by atoms with Crippen LogP contribution in [-0.4, -0.2) is 30.8 Å². The van der Waals surface area contributed by atoms with E-state index in [0.717, 1.165) is 43.1 Å². The molecule has 2 rings (SSSR count). The summed E-state index contributed by atoms with van der Waals surface area (Å²) >= 11 is 6.45. The fraction of sp³-hybridized carbons (Fsp3) is 0.647. The molecule has 1 fully saturated rings. The van der Waals surface area contributed by atoms with Gasteiger partial charge in [-0.2, -0.15) is 0 Å². The Morgan fingerprint density at radius 3 is 2.52 bits per heavy atom. The Morgan fingerprint density at radius 2 is 2.00 bits per heavy atom. The Morgan fingerprint density at radius 1 is 1.33 bits per heavy atom. The molecule has 3 nitrogen and oxygen atoms in total. The summed E-state index contributed by atoms with van der Waals surface area (Å²) in [5.74, 6) is 0.435. The summed E-state index contributed by atoms with van der Waals surface area (Å²) in [6.07, 6.45) is 1.90. The molecule has 0 aromatic heterocycles. The molecule has 1 aliphatic rings. The quantitative estimate of drug-likeness (QED) is 0.872. The van der Waals surface area contributed by atoms with E-state index in [0.29, 0.717) is 5.92 Å². The molecule has 0 spiro atoms. The van der Waals surface area contributed by atoms with Crippen molar-refractivity contribution in [3.63, 3.8) is 0 Å². The van der Waals surface area contributed by atoms with E-state index < -0.39 is 0 Å². The maximum Gasteiger partial charge on any atom is 0.0541 e. The van der Waals surface area contributed by atoms with Crippen molar-refractivity contribution in [1.29, 1.82) is 0 Å². The van der Waals surface area contributed by atoms with Gasteiger partial charge in [0, 0.05) is 29.8 Å². The lowest BCUT2D eigenvalue weighted by Gasteiger charge is -2.35. The van der Waals surface area contributed by atoms with Crippen molar-refractivity contribution in [3.8, 4) is 0 Å². The number of hydrogen-bond acceptors (Lipinski definition) is 3. The molecule has 21 heavy (non-hydrogen) atoms. The molecule has 0 bridgehead atoms. The van der Waals surface area contributed by atoms with E-state index in [1.165, 1.54) is 5.69 Å². The molecule has 1 aromatic carbocycles. The van der Waals surface area contributed by atoms with Gasteiger partial charge in [0.25, 0.3) is 0 Å². The van der Waals surface area contributed by atoms with Crippen molar-refractivity contribution in [2.75, 3.05) is 24.5 Å². The molecule has 0 radical (unpaired) electrons. The highest BCUT2D eigenvalue weighted by atomic mass is 35.5. The molecular formula is C17H27ClN2O. The lowest BCUT2D eigenvalue weighted by Crippen LogP contribution is -2.37. The van der Waals surface area contributed by atoms with Gasteiger partial charge < -0.3 is 15.3 Å². The molecule has 1 saturated heterocycles.